The van der Waals surface area contributed by atoms with Gasteiger partial charge >= 0.3 is 26.2 Å². The Bertz CT molecular complexity index is 944. The Morgan fingerprint density at radius 1 is 0.474 bits per heavy atom. The fourth-order valence-corrected chi connectivity index (χ4v) is 4.34. The summed E-state index contributed by atoms with van der Waals surface area (Å²) in [6.07, 6.45) is 26.5. The Morgan fingerprint density at radius 3 is 1.00 bits per heavy atom. The van der Waals surface area contributed by atoms with E-state index in [0.29, 0.717) is 0 Å². The van der Waals surface area contributed by atoms with Crippen LogP contribution in [0, 0.1) is 66.6 Å². The molecule has 10 radical (unpaired) electrons. The fourth-order valence-electron chi connectivity index (χ4n) is 4.34. The number of para-hydroxylation sites is 2. The molecule has 0 aromatic heterocycles. The Labute approximate surface area is 250 Å². The van der Waals surface area contributed by atoms with Crippen molar-refractivity contribution in [3.63, 3.8) is 0 Å². The van der Waals surface area contributed by atoms with Gasteiger partial charge < -0.3 is 10.6 Å². The zero-order valence-electron chi connectivity index (χ0n) is 22.6. The van der Waals surface area contributed by atoms with Crippen molar-refractivity contribution in [2.24, 2.45) is 5.41 Å². The number of hydrogen-bond acceptors (Lipinski definition) is 0. The summed E-state index contributed by atoms with van der Waals surface area (Å²) >= 11 is 0. The molecule has 2 fully saturated rings. The summed E-state index contributed by atoms with van der Waals surface area (Å²) in [5.41, 5.74) is 2.10. The molecule has 2 aromatic carbocycles. The van der Waals surface area contributed by atoms with Crippen LogP contribution in [0.5, 0.6) is 0 Å². The third-order valence-electron chi connectivity index (χ3n) is 6.71. The first-order chi connectivity index (χ1) is 18.0. The van der Waals surface area contributed by atoms with Crippen LogP contribution in [0.1, 0.15) is 13.8 Å². The predicted molar refractivity (Wildman–Crippen MR) is 158 cm³/mol. The predicted octanol–water partition coefficient (Wildman–Crippen LogP) is 9.20. The normalized spacial score (nSPS) is 19.5. The molecule has 0 aliphatic heterocycles. The second-order valence-corrected chi connectivity index (χ2v) is 9.49. The summed E-state index contributed by atoms with van der Waals surface area (Å²) in [4.78, 5) is 0. The van der Waals surface area contributed by atoms with Crippen LogP contribution in [0.2, 0.25) is 0 Å². The van der Waals surface area contributed by atoms with Crippen molar-refractivity contribution in [1.29, 1.82) is 0 Å². The van der Waals surface area contributed by atoms with Gasteiger partial charge in [0.25, 0.3) is 0 Å². The van der Waals surface area contributed by atoms with Crippen molar-refractivity contribution < 1.29 is 26.2 Å². The average molecular weight is 574 g/mol. The number of hydrogen-bond donors (Lipinski definition) is 0. The summed E-state index contributed by atoms with van der Waals surface area (Å²) in [7, 11) is 3.57. The monoisotopic (exact) mass is 572 g/mol. The number of benzene rings is 2. The van der Waals surface area contributed by atoms with Gasteiger partial charge in [-0.3, -0.25) is 0 Å². The van der Waals surface area contributed by atoms with Crippen molar-refractivity contribution in [3.05, 3.63) is 181 Å². The number of rotatable bonds is 4. The minimum atomic E-state index is 0. The van der Waals surface area contributed by atoms with Crippen molar-refractivity contribution in [2.45, 2.75) is 13.8 Å². The second-order valence-electron chi connectivity index (χ2n) is 9.49. The molecule has 3 heteroatoms. The molecular formula is C35H34N2Zr+2. The van der Waals surface area contributed by atoms with Crippen LogP contribution in [0.15, 0.2) is 109 Å². The van der Waals surface area contributed by atoms with Crippen molar-refractivity contribution in [2.75, 3.05) is 14.1 Å². The van der Waals surface area contributed by atoms with Crippen molar-refractivity contribution >= 4 is 11.4 Å². The molecule has 0 spiro atoms. The van der Waals surface area contributed by atoms with E-state index in [-0.39, 0.29) is 31.6 Å². The van der Waals surface area contributed by atoms with E-state index in [1.54, 1.807) is 14.1 Å². The van der Waals surface area contributed by atoms with Gasteiger partial charge in [-0.05, 0) is 42.9 Å². The molecule has 186 valence electrons. The molecule has 6 rings (SSSR count). The SMILES string of the molecule is CC(C)([C]1[CH][C]2C=CC=C[C]2[CH]1)[C]1[CH][C]2C=CC=C[C]2[CH]1.C[N-]c1ccccc1.C[N-]c1ccccc1.[Zr+4]. The minimum Gasteiger partial charge on any atom is -0.687 e. The van der Waals surface area contributed by atoms with E-state index in [0.717, 1.165) is 11.4 Å². The van der Waals surface area contributed by atoms with E-state index >= 15 is 0 Å². The van der Waals surface area contributed by atoms with E-state index in [1.807, 2.05) is 60.7 Å². The summed E-state index contributed by atoms with van der Waals surface area (Å²) in [5.74, 6) is 8.10. The molecule has 0 unspecified atom stereocenters. The van der Waals surface area contributed by atoms with E-state index in [2.05, 4.69) is 98.8 Å². The average Bonchev–Trinajstić information content (AvgIpc) is 3.60. The van der Waals surface area contributed by atoms with Crippen LogP contribution >= 0.6 is 0 Å². The van der Waals surface area contributed by atoms with Gasteiger partial charge in [-0.2, -0.15) is 0 Å². The van der Waals surface area contributed by atoms with E-state index < -0.39 is 0 Å². The van der Waals surface area contributed by atoms with Gasteiger partial charge in [-0.25, -0.2) is 0 Å². The Balaban J connectivity index is 0.000000195. The number of fused-ring (bicyclic) bond motifs is 2. The second kappa shape index (κ2) is 14.9. The molecule has 38 heavy (non-hydrogen) atoms. The van der Waals surface area contributed by atoms with E-state index in [1.165, 1.54) is 35.5 Å². The van der Waals surface area contributed by atoms with Crippen LogP contribution in [0.25, 0.3) is 10.6 Å². The summed E-state index contributed by atoms with van der Waals surface area (Å²) in [5, 5.41) is 7.94. The molecule has 4 aliphatic carbocycles. The molecule has 0 amide bonds. The maximum Gasteiger partial charge on any atom is 4.00 e. The molecule has 2 aromatic rings. The Kier molecular flexibility index (Phi) is 11.9. The van der Waals surface area contributed by atoms with Crippen molar-refractivity contribution in [3.8, 4) is 0 Å². The van der Waals surface area contributed by atoms with Gasteiger partial charge in [0, 0.05) is 23.7 Å². The first-order valence-corrected chi connectivity index (χ1v) is 12.6. The molecular weight excluding hydrogens is 540 g/mol. The summed E-state index contributed by atoms with van der Waals surface area (Å²) < 4.78 is 0. The van der Waals surface area contributed by atoms with Gasteiger partial charge in [0.1, 0.15) is 0 Å². The van der Waals surface area contributed by atoms with Gasteiger partial charge in [0.2, 0.25) is 0 Å². The molecule has 4 aliphatic rings. The van der Waals surface area contributed by atoms with E-state index in [4.69, 9.17) is 0 Å². The maximum atomic E-state index is 3.97. The van der Waals surface area contributed by atoms with Crippen LogP contribution in [-0.4, -0.2) is 14.1 Å². The first-order valence-electron chi connectivity index (χ1n) is 12.6. The molecule has 0 heterocycles. The third-order valence-corrected chi connectivity index (χ3v) is 6.71. The van der Waals surface area contributed by atoms with Crippen LogP contribution < -0.4 is 0 Å². The maximum absolute atomic E-state index is 3.97. The molecule has 2 nitrogen and oxygen atoms in total. The zero-order valence-corrected chi connectivity index (χ0v) is 25.1. The Hall–Kier alpha value is -2.12. The van der Waals surface area contributed by atoms with Crippen LogP contribution in [-0.2, 0) is 26.2 Å². The Morgan fingerprint density at radius 2 is 0.763 bits per heavy atom. The summed E-state index contributed by atoms with van der Waals surface area (Å²) in [6, 6.07) is 19.7. The van der Waals surface area contributed by atoms with E-state index in [9.17, 15) is 0 Å². The van der Waals surface area contributed by atoms with Gasteiger partial charge in [-0.1, -0.05) is 123 Å². The number of nitrogens with zero attached hydrogens (tertiary/aromatic N) is 2. The van der Waals surface area contributed by atoms with Gasteiger partial charge in [-0.15, -0.1) is 25.5 Å². The van der Waals surface area contributed by atoms with Crippen molar-refractivity contribution in [1.82, 2.24) is 0 Å². The molecule has 0 N–H and O–H groups in total. The largest absolute Gasteiger partial charge is 4.00 e. The molecule has 2 saturated carbocycles. The smallest absolute Gasteiger partial charge is 0.687 e. The summed E-state index contributed by atoms with van der Waals surface area (Å²) in [6.45, 7) is 4.63. The first kappa shape index (κ1) is 30.4. The minimum absolute atomic E-state index is 0. The third kappa shape index (κ3) is 7.95. The molecule has 0 bridgehead atoms. The van der Waals surface area contributed by atoms with Crippen LogP contribution in [0.3, 0.4) is 0 Å². The fraction of sp³-hybridized carbons (Fsp3) is 0.143. The number of allylic oxidation sites excluding steroid dienone is 8. The van der Waals surface area contributed by atoms with Gasteiger partial charge in [0.15, 0.2) is 0 Å². The van der Waals surface area contributed by atoms with Gasteiger partial charge in [0.05, 0.1) is 0 Å². The topological polar surface area (TPSA) is 28.2 Å². The standard InChI is InChI=1S/C21H18.2C7H8N.Zr/c1-21(2,19-11-15-7-3-4-8-16(15)12-19)20-13-17-9-5-6-10-18(17)14-20;2*1-8-7-5-3-2-4-6-7;/h3-14H,1-2H3;2*2-6H,1H3;/q;2*-1;+4. The molecule has 0 saturated heterocycles. The quantitative estimate of drug-likeness (QED) is 0.349. The van der Waals surface area contributed by atoms with Crippen LogP contribution in [0.4, 0.5) is 11.4 Å². The zero-order chi connectivity index (χ0) is 26.1. The molecule has 0 atom stereocenters.